The van der Waals surface area contributed by atoms with Crippen LogP contribution in [0, 0.1) is 0 Å². The molecule has 0 aliphatic carbocycles. The third kappa shape index (κ3) is 3.89. The molecule has 174 valence electrons. The van der Waals surface area contributed by atoms with Gasteiger partial charge in [0.05, 0.1) is 11.3 Å². The molecule has 5 nitrogen and oxygen atoms in total. The van der Waals surface area contributed by atoms with Crippen molar-refractivity contribution in [2.24, 2.45) is 0 Å². The van der Waals surface area contributed by atoms with E-state index in [0.29, 0.717) is 16.9 Å². The van der Waals surface area contributed by atoms with Gasteiger partial charge >= 0.3 is 0 Å². The second kappa shape index (κ2) is 8.51. The summed E-state index contributed by atoms with van der Waals surface area (Å²) in [6.07, 6.45) is 1.62. The van der Waals surface area contributed by atoms with E-state index in [9.17, 15) is 14.7 Å². The fraction of sp³-hybridized carbons (Fsp3) is 0.167. The Labute approximate surface area is 204 Å². The maximum atomic E-state index is 13.4. The first-order valence-electron chi connectivity index (χ1n) is 11.6. The van der Waals surface area contributed by atoms with Crippen LogP contribution in [0.3, 0.4) is 0 Å². The Morgan fingerprint density at radius 1 is 0.857 bits per heavy atom. The summed E-state index contributed by atoms with van der Waals surface area (Å²) in [5.41, 5.74) is 2.68. The summed E-state index contributed by atoms with van der Waals surface area (Å²) in [6.45, 7) is 6.35. The number of hydrogen-bond acceptors (Lipinski definition) is 4. The van der Waals surface area contributed by atoms with Crippen LogP contribution in [0.1, 0.15) is 43.6 Å². The first kappa shape index (κ1) is 22.5. The predicted octanol–water partition coefficient (Wildman–Crippen LogP) is 6.16. The zero-order valence-corrected chi connectivity index (χ0v) is 19.9. The molecule has 0 bridgehead atoms. The molecule has 0 radical (unpaired) electrons. The van der Waals surface area contributed by atoms with Gasteiger partial charge in [-0.3, -0.25) is 19.5 Å². The number of nitrogens with zero attached hydrogens (tertiary/aromatic N) is 2. The smallest absolute Gasteiger partial charge is 0.300 e. The van der Waals surface area contributed by atoms with Crippen molar-refractivity contribution in [2.75, 3.05) is 4.90 Å². The standard InChI is InChI=1S/C30H26N2O3/c1-30(2,3)20-14-16-21(17-15-20)32-26(24-13-6-7-18-31-24)25(28(34)29(32)35)27(33)23-12-8-10-19-9-4-5-11-22(19)23/h4-18,26,33H,1-3H3/b27-25-. The van der Waals surface area contributed by atoms with Crippen molar-refractivity contribution in [2.45, 2.75) is 32.2 Å². The number of aliphatic hydroxyl groups is 1. The molecule has 1 fully saturated rings. The summed E-state index contributed by atoms with van der Waals surface area (Å²) in [4.78, 5) is 32.7. The van der Waals surface area contributed by atoms with Crippen LogP contribution in [0.15, 0.2) is 96.7 Å². The van der Waals surface area contributed by atoms with E-state index in [1.807, 2.05) is 66.7 Å². The first-order valence-corrected chi connectivity index (χ1v) is 11.6. The molecule has 1 aliphatic heterocycles. The van der Waals surface area contributed by atoms with Crippen molar-refractivity contribution in [3.8, 4) is 0 Å². The predicted molar refractivity (Wildman–Crippen MR) is 138 cm³/mol. The molecule has 0 spiro atoms. The third-order valence-corrected chi connectivity index (χ3v) is 6.47. The SMILES string of the molecule is CC(C)(C)c1ccc(N2C(=O)C(=O)/C(=C(\O)c3cccc4ccccc34)C2c2ccccn2)cc1. The summed E-state index contributed by atoms with van der Waals surface area (Å²) in [5, 5.41) is 13.2. The monoisotopic (exact) mass is 462 g/mol. The molecule has 3 aromatic carbocycles. The van der Waals surface area contributed by atoms with Gasteiger partial charge in [-0.1, -0.05) is 81.4 Å². The van der Waals surface area contributed by atoms with Crippen molar-refractivity contribution < 1.29 is 14.7 Å². The minimum atomic E-state index is -0.851. The third-order valence-electron chi connectivity index (χ3n) is 6.47. The highest BCUT2D eigenvalue weighted by atomic mass is 16.3. The van der Waals surface area contributed by atoms with Crippen molar-refractivity contribution >= 4 is 33.9 Å². The molecule has 1 N–H and O–H groups in total. The number of benzene rings is 3. The van der Waals surface area contributed by atoms with E-state index in [-0.39, 0.29) is 16.7 Å². The Morgan fingerprint density at radius 2 is 1.54 bits per heavy atom. The number of carbonyl (C=O) groups excluding carboxylic acids is 2. The summed E-state index contributed by atoms with van der Waals surface area (Å²) in [5.74, 6) is -1.62. The minimum absolute atomic E-state index is 0.0324. The van der Waals surface area contributed by atoms with Crippen molar-refractivity contribution in [1.29, 1.82) is 0 Å². The highest BCUT2D eigenvalue weighted by Gasteiger charge is 2.47. The lowest BCUT2D eigenvalue weighted by Crippen LogP contribution is -2.30. The second-order valence-electron chi connectivity index (χ2n) is 9.75. The molecular weight excluding hydrogens is 436 g/mol. The Bertz CT molecular complexity index is 1460. The van der Waals surface area contributed by atoms with Crippen LogP contribution < -0.4 is 4.90 Å². The highest BCUT2D eigenvalue weighted by molar-refractivity contribution is 6.51. The van der Waals surface area contributed by atoms with E-state index >= 15 is 0 Å². The molecule has 35 heavy (non-hydrogen) atoms. The van der Waals surface area contributed by atoms with Crippen LogP contribution in [0.25, 0.3) is 16.5 Å². The zero-order chi connectivity index (χ0) is 24.7. The number of pyridine rings is 1. The normalized spacial score (nSPS) is 17.8. The number of rotatable bonds is 3. The molecule has 1 aromatic heterocycles. The summed E-state index contributed by atoms with van der Waals surface area (Å²) >= 11 is 0. The Balaban J connectivity index is 1.72. The molecule has 1 atom stereocenters. The number of amides is 1. The van der Waals surface area contributed by atoms with Crippen molar-refractivity contribution in [3.05, 3.63) is 114 Å². The number of fused-ring (bicyclic) bond motifs is 1. The first-order chi connectivity index (χ1) is 16.8. The van der Waals surface area contributed by atoms with Crippen LogP contribution in [0.4, 0.5) is 5.69 Å². The number of ketones is 1. The van der Waals surface area contributed by atoms with E-state index in [1.165, 1.54) is 4.90 Å². The molecule has 1 aliphatic rings. The van der Waals surface area contributed by atoms with Gasteiger partial charge in [0.1, 0.15) is 11.8 Å². The van der Waals surface area contributed by atoms with Crippen LogP contribution in [0.5, 0.6) is 0 Å². The van der Waals surface area contributed by atoms with Gasteiger partial charge in [0.15, 0.2) is 0 Å². The molecular formula is C30H26N2O3. The second-order valence-corrected chi connectivity index (χ2v) is 9.75. The van der Waals surface area contributed by atoms with Crippen molar-refractivity contribution in [1.82, 2.24) is 4.98 Å². The van der Waals surface area contributed by atoms with Crippen molar-refractivity contribution in [3.63, 3.8) is 0 Å². The average molecular weight is 463 g/mol. The van der Waals surface area contributed by atoms with Crippen LogP contribution in [0.2, 0.25) is 0 Å². The average Bonchev–Trinajstić information content (AvgIpc) is 3.13. The molecule has 2 heterocycles. The zero-order valence-electron chi connectivity index (χ0n) is 19.9. The van der Waals surface area contributed by atoms with Gasteiger partial charge in [-0.05, 0) is 46.0 Å². The lowest BCUT2D eigenvalue weighted by atomic mass is 9.87. The number of aliphatic hydroxyl groups excluding tert-OH is 1. The minimum Gasteiger partial charge on any atom is -0.507 e. The summed E-state index contributed by atoms with van der Waals surface area (Å²) in [6, 6.07) is 25.3. The van der Waals surface area contributed by atoms with Gasteiger partial charge in [-0.2, -0.15) is 0 Å². The van der Waals surface area contributed by atoms with E-state index < -0.39 is 17.7 Å². The van der Waals surface area contributed by atoms with E-state index in [1.54, 1.807) is 24.4 Å². The fourth-order valence-electron chi connectivity index (χ4n) is 4.62. The molecule has 4 aromatic rings. The van der Waals surface area contributed by atoms with Gasteiger partial charge < -0.3 is 5.11 Å². The van der Waals surface area contributed by atoms with E-state index in [0.717, 1.165) is 16.3 Å². The number of hydrogen-bond donors (Lipinski definition) is 1. The Morgan fingerprint density at radius 3 is 2.23 bits per heavy atom. The Kier molecular flexibility index (Phi) is 5.48. The number of aromatic nitrogens is 1. The van der Waals surface area contributed by atoms with E-state index in [4.69, 9.17) is 0 Å². The molecule has 0 saturated carbocycles. The van der Waals surface area contributed by atoms with Crippen LogP contribution >= 0.6 is 0 Å². The Hall–Kier alpha value is -4.25. The summed E-state index contributed by atoms with van der Waals surface area (Å²) < 4.78 is 0. The maximum Gasteiger partial charge on any atom is 0.300 e. The highest BCUT2D eigenvalue weighted by Crippen LogP contribution is 2.42. The van der Waals surface area contributed by atoms with Gasteiger partial charge in [0, 0.05) is 17.4 Å². The summed E-state index contributed by atoms with van der Waals surface area (Å²) in [7, 11) is 0. The fourth-order valence-corrected chi connectivity index (χ4v) is 4.62. The maximum absolute atomic E-state index is 13.4. The largest absolute Gasteiger partial charge is 0.507 e. The quantitative estimate of drug-likeness (QED) is 0.225. The topological polar surface area (TPSA) is 70.5 Å². The van der Waals surface area contributed by atoms with E-state index in [2.05, 4.69) is 25.8 Å². The number of anilines is 1. The van der Waals surface area contributed by atoms with Gasteiger partial charge in [-0.25, -0.2) is 0 Å². The lowest BCUT2D eigenvalue weighted by Gasteiger charge is -2.26. The van der Waals surface area contributed by atoms with Gasteiger partial charge in [0.25, 0.3) is 11.7 Å². The van der Waals surface area contributed by atoms with Gasteiger partial charge in [-0.15, -0.1) is 0 Å². The molecule has 1 unspecified atom stereocenters. The van der Waals surface area contributed by atoms with Gasteiger partial charge in [0.2, 0.25) is 0 Å². The van der Waals surface area contributed by atoms with Crippen LogP contribution in [-0.2, 0) is 15.0 Å². The number of carbonyl (C=O) groups is 2. The lowest BCUT2D eigenvalue weighted by molar-refractivity contribution is -0.132. The molecule has 1 saturated heterocycles. The number of Topliss-reactive ketones (excluding diaryl/α,β-unsaturated/α-hetero) is 1. The molecule has 1 amide bonds. The van der Waals surface area contributed by atoms with Crippen LogP contribution in [-0.4, -0.2) is 21.8 Å². The molecule has 5 rings (SSSR count). The molecule has 5 heteroatoms.